The zero-order valence-corrected chi connectivity index (χ0v) is 15.1. The molecular formula is C17H18F6N4O2. The normalized spacial score (nSPS) is 14.3. The molecule has 0 saturated carbocycles. The number of aliphatic hydroxyl groups is 1. The number of carbonyl (C=O) groups is 1. The van der Waals surface area contributed by atoms with E-state index in [2.05, 4.69) is 15.6 Å². The van der Waals surface area contributed by atoms with Gasteiger partial charge in [0.25, 0.3) is 0 Å². The smallest absolute Gasteiger partial charge is 0.376 e. The fourth-order valence-corrected chi connectivity index (χ4v) is 2.58. The second-order valence-electron chi connectivity index (χ2n) is 6.25. The van der Waals surface area contributed by atoms with Gasteiger partial charge in [-0.3, -0.25) is 4.79 Å². The fraction of sp³-hybridized carbons (Fsp3) is 0.412. The Hall–Kier alpha value is -2.76. The summed E-state index contributed by atoms with van der Waals surface area (Å²) >= 11 is 0. The number of alkyl halides is 6. The largest absolute Gasteiger partial charge is 0.424 e. The van der Waals surface area contributed by atoms with Gasteiger partial charge in [-0.2, -0.15) is 26.3 Å². The molecular weight excluding hydrogens is 406 g/mol. The average molecular weight is 424 g/mol. The summed E-state index contributed by atoms with van der Waals surface area (Å²) in [5.41, 5.74) is -4.16. The Balaban J connectivity index is 1.93. The molecule has 0 aliphatic rings. The number of halogens is 6. The number of aromatic nitrogens is 2. The average Bonchev–Trinajstić information content (AvgIpc) is 3.05. The van der Waals surface area contributed by atoms with Crippen LogP contribution in [0, 0.1) is 0 Å². The molecule has 29 heavy (non-hydrogen) atoms. The molecule has 12 heteroatoms. The number of benzene rings is 1. The number of carbonyl (C=O) groups excluding carboxylic acids is 1. The minimum Gasteiger partial charge on any atom is -0.376 e. The maximum Gasteiger partial charge on any atom is 0.424 e. The SMILES string of the molecule is Cn1ccnc1C(O)(CCNC(=O)CNc1cccc(C(F)(F)F)c1)C(F)(F)F. The molecule has 2 rings (SSSR count). The van der Waals surface area contributed by atoms with Crippen molar-refractivity contribution in [3.8, 4) is 0 Å². The molecule has 2 aromatic rings. The Morgan fingerprint density at radius 2 is 1.90 bits per heavy atom. The number of hydrogen-bond donors (Lipinski definition) is 3. The van der Waals surface area contributed by atoms with E-state index in [1.807, 2.05) is 0 Å². The predicted molar refractivity (Wildman–Crippen MR) is 90.7 cm³/mol. The van der Waals surface area contributed by atoms with E-state index in [0.29, 0.717) is 0 Å². The van der Waals surface area contributed by atoms with Crippen LogP contribution in [-0.2, 0) is 23.6 Å². The monoisotopic (exact) mass is 424 g/mol. The van der Waals surface area contributed by atoms with Gasteiger partial charge in [-0.15, -0.1) is 0 Å². The topological polar surface area (TPSA) is 79.2 Å². The molecule has 0 saturated heterocycles. The Morgan fingerprint density at radius 1 is 1.21 bits per heavy atom. The maximum absolute atomic E-state index is 13.4. The van der Waals surface area contributed by atoms with E-state index >= 15 is 0 Å². The first kappa shape index (κ1) is 22.5. The highest BCUT2D eigenvalue weighted by molar-refractivity contribution is 5.80. The van der Waals surface area contributed by atoms with Gasteiger partial charge in [-0.1, -0.05) is 6.07 Å². The first-order valence-electron chi connectivity index (χ1n) is 8.29. The standard InChI is InChI=1S/C17H18F6N4O2/c1-27-8-7-25-14(27)15(29,17(21,22)23)5-6-24-13(28)10-26-12-4-2-3-11(9-12)16(18,19)20/h2-4,7-9,26,29H,5-6,10H2,1H3,(H,24,28). The summed E-state index contributed by atoms with van der Waals surface area (Å²) in [6.45, 7) is -1.000. The van der Waals surface area contributed by atoms with Crippen LogP contribution < -0.4 is 10.6 Å². The predicted octanol–water partition coefficient (Wildman–Crippen LogP) is 2.81. The molecule has 3 N–H and O–H groups in total. The van der Waals surface area contributed by atoms with Gasteiger partial charge in [0.15, 0.2) is 0 Å². The van der Waals surface area contributed by atoms with Crippen LogP contribution in [0.2, 0.25) is 0 Å². The second kappa shape index (κ2) is 8.31. The number of hydrogen-bond acceptors (Lipinski definition) is 4. The van der Waals surface area contributed by atoms with Gasteiger partial charge in [0.1, 0.15) is 5.82 Å². The summed E-state index contributed by atoms with van der Waals surface area (Å²) < 4.78 is 79.1. The lowest BCUT2D eigenvalue weighted by atomic mass is 9.97. The molecule has 1 atom stereocenters. The molecule has 0 aliphatic carbocycles. The van der Waals surface area contributed by atoms with Gasteiger partial charge < -0.3 is 20.3 Å². The summed E-state index contributed by atoms with van der Waals surface area (Å²) in [7, 11) is 1.29. The van der Waals surface area contributed by atoms with Crippen molar-refractivity contribution in [2.45, 2.75) is 24.4 Å². The Labute approximate surface area is 161 Å². The molecule has 1 heterocycles. The van der Waals surface area contributed by atoms with Crippen molar-refractivity contribution in [3.05, 3.63) is 48.0 Å². The van der Waals surface area contributed by atoms with Crippen molar-refractivity contribution in [2.75, 3.05) is 18.4 Å². The summed E-state index contributed by atoms with van der Waals surface area (Å²) in [6.07, 6.45) is -8.13. The molecule has 1 aromatic carbocycles. The highest BCUT2D eigenvalue weighted by Gasteiger charge is 2.57. The summed E-state index contributed by atoms with van der Waals surface area (Å²) in [5, 5.41) is 14.8. The van der Waals surface area contributed by atoms with Gasteiger partial charge in [0.05, 0.1) is 12.1 Å². The van der Waals surface area contributed by atoms with Crippen molar-refractivity contribution in [1.29, 1.82) is 0 Å². The number of imidazole rings is 1. The van der Waals surface area contributed by atoms with Crippen molar-refractivity contribution >= 4 is 11.6 Å². The van der Waals surface area contributed by atoms with Crippen LogP contribution in [0.4, 0.5) is 32.0 Å². The van der Waals surface area contributed by atoms with E-state index in [-0.39, 0.29) is 5.69 Å². The molecule has 0 spiro atoms. The first-order valence-corrected chi connectivity index (χ1v) is 8.29. The van der Waals surface area contributed by atoms with Gasteiger partial charge in [-0.05, 0) is 18.2 Å². The van der Waals surface area contributed by atoms with Gasteiger partial charge >= 0.3 is 12.4 Å². The van der Waals surface area contributed by atoms with Crippen LogP contribution in [0.5, 0.6) is 0 Å². The minimum absolute atomic E-state index is 0.0229. The van der Waals surface area contributed by atoms with Gasteiger partial charge in [0, 0.05) is 38.1 Å². The third kappa shape index (κ3) is 5.40. The number of rotatable bonds is 7. The number of anilines is 1. The molecule has 0 radical (unpaired) electrons. The quantitative estimate of drug-likeness (QED) is 0.598. The van der Waals surface area contributed by atoms with Crippen molar-refractivity contribution < 1.29 is 36.2 Å². The van der Waals surface area contributed by atoms with Crippen molar-refractivity contribution in [2.24, 2.45) is 7.05 Å². The number of nitrogens with zero attached hydrogens (tertiary/aromatic N) is 2. The third-order valence-electron chi connectivity index (χ3n) is 4.11. The maximum atomic E-state index is 13.4. The van der Waals surface area contributed by atoms with Crippen LogP contribution in [-0.4, -0.2) is 39.8 Å². The van der Waals surface area contributed by atoms with Crippen LogP contribution in [0.15, 0.2) is 36.7 Å². The van der Waals surface area contributed by atoms with Crippen LogP contribution in [0.3, 0.4) is 0 Å². The lowest BCUT2D eigenvalue weighted by Gasteiger charge is -2.30. The van der Waals surface area contributed by atoms with E-state index < -0.39 is 54.8 Å². The Morgan fingerprint density at radius 3 is 2.45 bits per heavy atom. The number of aryl methyl sites for hydroxylation is 1. The molecule has 160 valence electrons. The zero-order valence-electron chi connectivity index (χ0n) is 15.1. The Bertz CT molecular complexity index is 849. The molecule has 6 nitrogen and oxygen atoms in total. The number of amides is 1. The van der Waals surface area contributed by atoms with E-state index in [4.69, 9.17) is 0 Å². The van der Waals surface area contributed by atoms with Crippen LogP contribution >= 0.6 is 0 Å². The molecule has 0 bridgehead atoms. The molecule has 1 aromatic heterocycles. The highest BCUT2D eigenvalue weighted by atomic mass is 19.4. The van der Waals surface area contributed by atoms with Gasteiger partial charge in [0.2, 0.25) is 11.5 Å². The van der Waals surface area contributed by atoms with Gasteiger partial charge in [-0.25, -0.2) is 4.98 Å². The summed E-state index contributed by atoms with van der Waals surface area (Å²) in [4.78, 5) is 15.3. The summed E-state index contributed by atoms with van der Waals surface area (Å²) in [6, 6.07) is 4.13. The van der Waals surface area contributed by atoms with Crippen molar-refractivity contribution in [1.82, 2.24) is 14.9 Å². The molecule has 0 fully saturated rings. The highest BCUT2D eigenvalue weighted by Crippen LogP contribution is 2.40. The Kier molecular flexibility index (Phi) is 6.46. The van der Waals surface area contributed by atoms with Crippen LogP contribution in [0.1, 0.15) is 17.8 Å². The third-order valence-corrected chi connectivity index (χ3v) is 4.11. The second-order valence-corrected chi connectivity index (χ2v) is 6.25. The number of nitrogens with one attached hydrogen (secondary N) is 2. The lowest BCUT2D eigenvalue weighted by Crippen LogP contribution is -2.47. The molecule has 1 unspecified atom stereocenters. The van der Waals surface area contributed by atoms with E-state index in [1.165, 1.54) is 19.3 Å². The zero-order chi connectivity index (χ0) is 21.9. The first-order chi connectivity index (χ1) is 13.3. The van der Waals surface area contributed by atoms with Crippen molar-refractivity contribution in [3.63, 3.8) is 0 Å². The molecule has 0 aliphatic heterocycles. The van der Waals surface area contributed by atoms with E-state index in [0.717, 1.165) is 29.0 Å². The fourth-order valence-electron chi connectivity index (χ4n) is 2.58. The van der Waals surface area contributed by atoms with E-state index in [9.17, 15) is 36.2 Å². The summed E-state index contributed by atoms with van der Waals surface area (Å²) in [5.74, 6) is -1.38. The van der Waals surface area contributed by atoms with Crippen LogP contribution in [0.25, 0.3) is 0 Å². The minimum atomic E-state index is -5.03. The molecule has 1 amide bonds. The lowest BCUT2D eigenvalue weighted by molar-refractivity contribution is -0.272. The van der Waals surface area contributed by atoms with E-state index in [1.54, 1.807) is 0 Å².